The number of carbonyl (C=O) groups excluding carboxylic acids is 1. The molecule has 2 amide bonds. The zero-order valence-electron chi connectivity index (χ0n) is 12.4. The predicted octanol–water partition coefficient (Wildman–Crippen LogP) is 1.31. The van der Waals surface area contributed by atoms with E-state index in [0.717, 1.165) is 6.42 Å². The molecule has 0 aromatic heterocycles. The van der Waals surface area contributed by atoms with Gasteiger partial charge < -0.3 is 20.5 Å². The van der Waals surface area contributed by atoms with Crippen molar-refractivity contribution in [1.82, 2.24) is 10.6 Å². The number of nitrogens with one attached hydrogen (secondary N) is 2. The molecule has 6 nitrogen and oxygen atoms in total. The highest BCUT2D eigenvalue weighted by Gasteiger charge is 2.49. The van der Waals surface area contributed by atoms with Crippen LogP contribution in [-0.2, 0) is 9.53 Å². The lowest BCUT2D eigenvalue weighted by molar-refractivity contribution is -0.139. The van der Waals surface area contributed by atoms with E-state index in [1.165, 1.54) is 0 Å². The second kappa shape index (κ2) is 7.17. The van der Waals surface area contributed by atoms with Crippen molar-refractivity contribution in [1.29, 1.82) is 0 Å². The van der Waals surface area contributed by atoms with Gasteiger partial charge in [0.2, 0.25) is 0 Å². The Morgan fingerprint density at radius 1 is 1.50 bits per heavy atom. The minimum atomic E-state index is -1.00. The summed E-state index contributed by atoms with van der Waals surface area (Å²) < 4.78 is 5.32. The van der Waals surface area contributed by atoms with E-state index in [1.54, 1.807) is 18.9 Å². The molecular formula is C13H24N2O4S. The molecule has 1 aliphatic carbocycles. The summed E-state index contributed by atoms with van der Waals surface area (Å²) in [6, 6.07) is -1.27. The third kappa shape index (κ3) is 4.02. The van der Waals surface area contributed by atoms with Crippen LogP contribution < -0.4 is 10.6 Å². The van der Waals surface area contributed by atoms with Crippen molar-refractivity contribution in [3.8, 4) is 0 Å². The van der Waals surface area contributed by atoms with Gasteiger partial charge in [0.15, 0.2) is 0 Å². The third-order valence-electron chi connectivity index (χ3n) is 3.98. The molecule has 7 heteroatoms. The average Bonchev–Trinajstić information content (AvgIpc) is 2.38. The Bertz CT molecular complexity index is 362. The third-order valence-corrected chi connectivity index (χ3v) is 4.63. The summed E-state index contributed by atoms with van der Waals surface area (Å²) in [5, 5.41) is 14.4. The number of carboxylic acids is 1. The van der Waals surface area contributed by atoms with Crippen molar-refractivity contribution in [2.75, 3.05) is 19.1 Å². The van der Waals surface area contributed by atoms with Gasteiger partial charge in [0.05, 0.1) is 6.10 Å². The zero-order chi connectivity index (χ0) is 15.3. The Hall–Kier alpha value is -0.950. The predicted molar refractivity (Wildman–Crippen MR) is 79.1 cm³/mol. The highest BCUT2D eigenvalue weighted by molar-refractivity contribution is 7.98. The van der Waals surface area contributed by atoms with Crippen molar-refractivity contribution < 1.29 is 19.4 Å². The Balaban J connectivity index is 2.45. The molecule has 1 saturated carbocycles. The number of aliphatic carboxylic acids is 1. The number of hydrogen-bond acceptors (Lipinski definition) is 4. The van der Waals surface area contributed by atoms with Crippen LogP contribution in [0.3, 0.4) is 0 Å². The van der Waals surface area contributed by atoms with Crippen LogP contribution in [-0.4, -0.2) is 54.4 Å². The lowest BCUT2D eigenvalue weighted by Crippen LogP contribution is -2.63. The standard InChI is InChI=1S/C13H24N2O4S/c1-13(2)9(7-10(13)19-3)15-12(18)14-8(11(16)17)5-6-20-4/h8-10H,5-7H2,1-4H3,(H,16,17)(H2,14,15,18)/t8-,9?,10?/m1/s1. The Labute approximate surface area is 124 Å². The first-order chi connectivity index (χ1) is 9.32. The summed E-state index contributed by atoms with van der Waals surface area (Å²) in [7, 11) is 1.66. The normalized spacial score (nSPS) is 25.4. The molecule has 0 spiro atoms. The van der Waals surface area contributed by atoms with Crippen molar-refractivity contribution >= 4 is 23.8 Å². The van der Waals surface area contributed by atoms with E-state index in [0.29, 0.717) is 12.2 Å². The molecule has 0 bridgehead atoms. The van der Waals surface area contributed by atoms with Gasteiger partial charge >= 0.3 is 12.0 Å². The van der Waals surface area contributed by atoms with E-state index in [-0.39, 0.29) is 17.6 Å². The van der Waals surface area contributed by atoms with Gasteiger partial charge in [-0.15, -0.1) is 0 Å². The number of thioether (sulfide) groups is 1. The van der Waals surface area contributed by atoms with Crippen LogP contribution in [0.2, 0.25) is 0 Å². The quantitative estimate of drug-likeness (QED) is 0.660. The van der Waals surface area contributed by atoms with E-state index >= 15 is 0 Å². The Morgan fingerprint density at radius 2 is 2.15 bits per heavy atom. The molecular weight excluding hydrogens is 280 g/mol. The lowest BCUT2D eigenvalue weighted by Gasteiger charge is -2.51. The fourth-order valence-electron chi connectivity index (χ4n) is 2.38. The number of amides is 2. The highest BCUT2D eigenvalue weighted by atomic mass is 32.2. The maximum Gasteiger partial charge on any atom is 0.326 e. The number of rotatable bonds is 7. The minimum absolute atomic E-state index is 0.00226. The number of methoxy groups -OCH3 is 1. The van der Waals surface area contributed by atoms with Gasteiger partial charge in [0.25, 0.3) is 0 Å². The van der Waals surface area contributed by atoms with Crippen LogP contribution >= 0.6 is 11.8 Å². The van der Waals surface area contributed by atoms with Crippen molar-refractivity contribution in [2.24, 2.45) is 5.41 Å². The second-order valence-electron chi connectivity index (χ2n) is 5.62. The molecule has 0 radical (unpaired) electrons. The molecule has 20 heavy (non-hydrogen) atoms. The molecule has 2 unspecified atom stereocenters. The van der Waals surface area contributed by atoms with Crippen LogP contribution in [0.25, 0.3) is 0 Å². The summed E-state index contributed by atoms with van der Waals surface area (Å²) in [5.74, 6) is -0.311. The molecule has 1 aliphatic rings. The molecule has 116 valence electrons. The van der Waals surface area contributed by atoms with Gasteiger partial charge in [-0.05, 0) is 24.9 Å². The van der Waals surface area contributed by atoms with Crippen LogP contribution in [0.4, 0.5) is 4.79 Å². The number of carbonyl (C=O) groups is 2. The van der Waals surface area contributed by atoms with Gasteiger partial charge in [0.1, 0.15) is 6.04 Å². The molecule has 1 fully saturated rings. The fraction of sp³-hybridized carbons (Fsp3) is 0.846. The maximum absolute atomic E-state index is 11.9. The Morgan fingerprint density at radius 3 is 2.60 bits per heavy atom. The first-order valence-electron chi connectivity index (χ1n) is 6.64. The summed E-state index contributed by atoms with van der Waals surface area (Å²) in [6.45, 7) is 4.05. The average molecular weight is 304 g/mol. The summed E-state index contributed by atoms with van der Waals surface area (Å²) in [5.41, 5.74) is -0.135. The molecule has 3 N–H and O–H groups in total. The lowest BCUT2D eigenvalue weighted by atomic mass is 9.64. The monoisotopic (exact) mass is 304 g/mol. The number of hydrogen-bond donors (Lipinski definition) is 3. The van der Waals surface area contributed by atoms with Crippen LogP contribution in [0.15, 0.2) is 0 Å². The van der Waals surface area contributed by atoms with Gasteiger partial charge in [-0.1, -0.05) is 13.8 Å². The minimum Gasteiger partial charge on any atom is -0.480 e. The number of ether oxygens (including phenoxy) is 1. The van der Waals surface area contributed by atoms with E-state index in [1.807, 2.05) is 20.1 Å². The smallest absolute Gasteiger partial charge is 0.326 e. The van der Waals surface area contributed by atoms with E-state index in [9.17, 15) is 9.59 Å². The van der Waals surface area contributed by atoms with E-state index in [4.69, 9.17) is 9.84 Å². The van der Waals surface area contributed by atoms with Gasteiger partial charge in [0, 0.05) is 18.6 Å². The first-order valence-corrected chi connectivity index (χ1v) is 8.03. The van der Waals surface area contributed by atoms with Crippen LogP contribution in [0, 0.1) is 5.41 Å². The Kier molecular flexibility index (Phi) is 6.13. The fourth-order valence-corrected chi connectivity index (χ4v) is 2.85. The van der Waals surface area contributed by atoms with E-state index in [2.05, 4.69) is 10.6 Å². The summed E-state index contributed by atoms with van der Waals surface area (Å²) in [4.78, 5) is 22.9. The molecule has 0 saturated heterocycles. The molecule has 3 atom stereocenters. The molecule has 0 aromatic rings. The topological polar surface area (TPSA) is 87.7 Å². The number of carboxylic acid groups (broad SMARTS) is 1. The first kappa shape index (κ1) is 17.1. The summed E-state index contributed by atoms with van der Waals surface area (Å²) >= 11 is 1.56. The largest absolute Gasteiger partial charge is 0.480 e. The summed E-state index contributed by atoms with van der Waals surface area (Å²) in [6.07, 6.45) is 3.19. The van der Waals surface area contributed by atoms with Crippen molar-refractivity contribution in [2.45, 2.75) is 44.9 Å². The maximum atomic E-state index is 11.9. The van der Waals surface area contributed by atoms with Crippen LogP contribution in [0.5, 0.6) is 0 Å². The zero-order valence-corrected chi connectivity index (χ0v) is 13.3. The molecule has 0 heterocycles. The van der Waals surface area contributed by atoms with Gasteiger partial charge in [-0.3, -0.25) is 0 Å². The number of urea groups is 1. The van der Waals surface area contributed by atoms with Crippen molar-refractivity contribution in [3.05, 3.63) is 0 Å². The molecule has 0 aromatic carbocycles. The SMILES string of the molecule is COC1CC(NC(=O)N[C@H](CCSC)C(=O)O)C1(C)C. The highest BCUT2D eigenvalue weighted by Crippen LogP contribution is 2.42. The van der Waals surface area contributed by atoms with Crippen molar-refractivity contribution in [3.63, 3.8) is 0 Å². The van der Waals surface area contributed by atoms with Crippen LogP contribution in [0.1, 0.15) is 26.7 Å². The second-order valence-corrected chi connectivity index (χ2v) is 6.61. The van der Waals surface area contributed by atoms with E-state index < -0.39 is 18.0 Å². The molecule has 0 aliphatic heterocycles. The molecule has 1 rings (SSSR count). The van der Waals surface area contributed by atoms with Gasteiger partial charge in [-0.2, -0.15) is 11.8 Å². The van der Waals surface area contributed by atoms with Gasteiger partial charge in [-0.25, -0.2) is 9.59 Å².